The van der Waals surface area contributed by atoms with Gasteiger partial charge in [-0.1, -0.05) is 36.4 Å². The summed E-state index contributed by atoms with van der Waals surface area (Å²) in [6.45, 7) is 0.0579. The third-order valence-corrected chi connectivity index (χ3v) is 3.42. The van der Waals surface area contributed by atoms with Crippen molar-refractivity contribution in [2.45, 2.75) is 12.9 Å². The SMILES string of the molecule is O=C(NCc1cccc(OC(F)(F)F)c1)c1ccc2ccccc2n1. The van der Waals surface area contributed by atoms with Crippen LogP contribution in [0.3, 0.4) is 0 Å². The van der Waals surface area contributed by atoms with Crippen LogP contribution in [0.2, 0.25) is 0 Å². The van der Waals surface area contributed by atoms with Crippen LogP contribution in [-0.2, 0) is 6.54 Å². The largest absolute Gasteiger partial charge is 0.573 e. The van der Waals surface area contributed by atoms with E-state index in [1.165, 1.54) is 18.2 Å². The van der Waals surface area contributed by atoms with Gasteiger partial charge in [-0.2, -0.15) is 0 Å². The second-order valence-corrected chi connectivity index (χ2v) is 5.27. The molecule has 1 aromatic heterocycles. The summed E-state index contributed by atoms with van der Waals surface area (Å²) in [5.74, 6) is -0.740. The van der Waals surface area contributed by atoms with Crippen molar-refractivity contribution < 1.29 is 22.7 Å². The summed E-state index contributed by atoms with van der Waals surface area (Å²) >= 11 is 0. The molecule has 0 aliphatic heterocycles. The van der Waals surface area contributed by atoms with E-state index in [0.29, 0.717) is 11.1 Å². The Bertz CT molecular complexity index is 910. The number of alkyl halides is 3. The van der Waals surface area contributed by atoms with Gasteiger partial charge in [0.25, 0.3) is 5.91 Å². The summed E-state index contributed by atoms with van der Waals surface area (Å²) in [7, 11) is 0. The van der Waals surface area contributed by atoms with Gasteiger partial charge in [0, 0.05) is 11.9 Å². The third-order valence-electron chi connectivity index (χ3n) is 3.42. The van der Waals surface area contributed by atoms with Crippen molar-refractivity contribution in [1.82, 2.24) is 10.3 Å². The van der Waals surface area contributed by atoms with Crippen LogP contribution >= 0.6 is 0 Å². The molecule has 0 saturated carbocycles. The highest BCUT2D eigenvalue weighted by Crippen LogP contribution is 2.23. The van der Waals surface area contributed by atoms with E-state index in [1.54, 1.807) is 24.3 Å². The lowest BCUT2D eigenvalue weighted by molar-refractivity contribution is -0.274. The minimum atomic E-state index is -4.75. The van der Waals surface area contributed by atoms with Gasteiger partial charge >= 0.3 is 6.36 Å². The van der Waals surface area contributed by atoms with Crippen LogP contribution in [0.4, 0.5) is 13.2 Å². The maximum Gasteiger partial charge on any atom is 0.573 e. The maximum atomic E-state index is 12.2. The minimum Gasteiger partial charge on any atom is -0.406 e. The van der Waals surface area contributed by atoms with Crippen LogP contribution in [0.5, 0.6) is 5.75 Å². The molecular formula is C18H13F3N2O2. The summed E-state index contributed by atoms with van der Waals surface area (Å²) in [5, 5.41) is 3.54. The number of halogens is 3. The standard InChI is InChI=1S/C18H13F3N2O2/c19-18(20,21)25-14-6-3-4-12(10-14)11-22-17(24)16-9-8-13-5-1-2-7-15(13)23-16/h1-10H,11H2,(H,22,24). The molecule has 4 nitrogen and oxygen atoms in total. The Morgan fingerprint density at radius 2 is 1.84 bits per heavy atom. The molecule has 3 aromatic rings. The van der Waals surface area contributed by atoms with Crippen molar-refractivity contribution in [2.24, 2.45) is 0 Å². The number of aromatic nitrogens is 1. The van der Waals surface area contributed by atoms with E-state index >= 15 is 0 Å². The maximum absolute atomic E-state index is 12.2. The van der Waals surface area contributed by atoms with E-state index in [1.807, 2.05) is 18.2 Å². The molecule has 1 heterocycles. The van der Waals surface area contributed by atoms with Gasteiger partial charge in [0.2, 0.25) is 0 Å². The Labute approximate surface area is 141 Å². The molecule has 0 bridgehead atoms. The van der Waals surface area contributed by atoms with Crippen LogP contribution in [0.15, 0.2) is 60.7 Å². The highest BCUT2D eigenvalue weighted by Gasteiger charge is 2.31. The number of hydrogen-bond donors (Lipinski definition) is 1. The fourth-order valence-corrected chi connectivity index (χ4v) is 2.32. The molecule has 0 atom stereocenters. The van der Waals surface area contributed by atoms with Crippen molar-refractivity contribution in [3.8, 4) is 5.75 Å². The summed E-state index contributed by atoms with van der Waals surface area (Å²) in [5.41, 5.74) is 1.41. The molecule has 0 saturated heterocycles. The molecule has 0 fully saturated rings. The van der Waals surface area contributed by atoms with Crippen LogP contribution in [0.1, 0.15) is 16.1 Å². The van der Waals surface area contributed by atoms with Gasteiger partial charge < -0.3 is 10.1 Å². The zero-order valence-electron chi connectivity index (χ0n) is 12.9. The number of carbonyl (C=O) groups excluding carboxylic acids is 1. The van der Waals surface area contributed by atoms with E-state index < -0.39 is 12.3 Å². The number of pyridine rings is 1. The predicted molar refractivity (Wildman–Crippen MR) is 86.0 cm³/mol. The Morgan fingerprint density at radius 1 is 1.04 bits per heavy atom. The highest BCUT2D eigenvalue weighted by atomic mass is 19.4. The fourth-order valence-electron chi connectivity index (χ4n) is 2.32. The summed E-state index contributed by atoms with van der Waals surface area (Å²) in [4.78, 5) is 16.5. The number of rotatable bonds is 4. The van der Waals surface area contributed by atoms with Crippen molar-refractivity contribution >= 4 is 16.8 Å². The van der Waals surface area contributed by atoms with Gasteiger partial charge in [0.1, 0.15) is 11.4 Å². The smallest absolute Gasteiger partial charge is 0.406 e. The average Bonchev–Trinajstić information content (AvgIpc) is 2.58. The van der Waals surface area contributed by atoms with E-state index in [2.05, 4.69) is 15.0 Å². The van der Waals surface area contributed by atoms with Gasteiger partial charge in [-0.05, 0) is 29.8 Å². The minimum absolute atomic E-state index is 0.0579. The van der Waals surface area contributed by atoms with Gasteiger partial charge in [0.15, 0.2) is 0 Å². The molecule has 1 N–H and O–H groups in total. The molecule has 1 amide bonds. The van der Waals surface area contributed by atoms with Crippen molar-refractivity contribution in [3.63, 3.8) is 0 Å². The molecule has 0 aliphatic carbocycles. The number of hydrogen-bond acceptors (Lipinski definition) is 3. The van der Waals surface area contributed by atoms with Gasteiger partial charge in [0.05, 0.1) is 5.52 Å². The number of amides is 1. The number of fused-ring (bicyclic) bond motifs is 1. The molecule has 128 valence electrons. The summed E-state index contributed by atoms with van der Waals surface area (Å²) in [6, 6.07) is 16.2. The third kappa shape index (κ3) is 4.47. The van der Waals surface area contributed by atoms with Crippen molar-refractivity contribution in [3.05, 3.63) is 71.9 Å². The van der Waals surface area contributed by atoms with Crippen LogP contribution < -0.4 is 10.1 Å². The molecule has 7 heteroatoms. The number of benzene rings is 2. The van der Waals surface area contributed by atoms with Crippen LogP contribution in [-0.4, -0.2) is 17.3 Å². The number of ether oxygens (including phenoxy) is 1. The number of carbonyl (C=O) groups is 1. The van der Waals surface area contributed by atoms with Gasteiger partial charge in [-0.15, -0.1) is 13.2 Å². The van der Waals surface area contributed by atoms with E-state index in [0.717, 1.165) is 5.39 Å². The number of nitrogens with one attached hydrogen (secondary N) is 1. The Hall–Kier alpha value is -3.09. The quantitative estimate of drug-likeness (QED) is 0.775. The second-order valence-electron chi connectivity index (χ2n) is 5.27. The first-order chi connectivity index (χ1) is 11.9. The zero-order chi connectivity index (χ0) is 17.9. The topological polar surface area (TPSA) is 51.2 Å². The lowest BCUT2D eigenvalue weighted by Crippen LogP contribution is -2.24. The normalized spacial score (nSPS) is 11.3. The zero-order valence-corrected chi connectivity index (χ0v) is 12.9. The first-order valence-electron chi connectivity index (χ1n) is 7.39. The molecule has 3 rings (SSSR count). The molecule has 0 aliphatic rings. The lowest BCUT2D eigenvalue weighted by Gasteiger charge is -2.10. The second kappa shape index (κ2) is 6.80. The molecule has 0 radical (unpaired) electrons. The lowest BCUT2D eigenvalue weighted by atomic mass is 10.2. The van der Waals surface area contributed by atoms with E-state index in [4.69, 9.17) is 0 Å². The summed E-state index contributed by atoms with van der Waals surface area (Å²) in [6.07, 6.45) is -4.75. The first-order valence-corrected chi connectivity index (χ1v) is 7.39. The fraction of sp³-hybridized carbons (Fsp3) is 0.111. The molecule has 25 heavy (non-hydrogen) atoms. The average molecular weight is 346 g/mol. The van der Waals surface area contributed by atoms with Crippen LogP contribution in [0, 0.1) is 0 Å². The Balaban J connectivity index is 1.68. The molecule has 0 spiro atoms. The Morgan fingerprint density at radius 3 is 2.64 bits per heavy atom. The molecule has 2 aromatic carbocycles. The number of nitrogens with zero attached hydrogens (tertiary/aromatic N) is 1. The molecular weight excluding hydrogens is 333 g/mol. The van der Waals surface area contributed by atoms with Gasteiger partial charge in [-0.25, -0.2) is 4.98 Å². The highest BCUT2D eigenvalue weighted by molar-refractivity contribution is 5.94. The first kappa shape index (κ1) is 16.8. The summed E-state index contributed by atoms with van der Waals surface area (Å²) < 4.78 is 40.6. The van der Waals surface area contributed by atoms with E-state index in [-0.39, 0.29) is 18.0 Å². The Kier molecular flexibility index (Phi) is 4.56. The van der Waals surface area contributed by atoms with Crippen molar-refractivity contribution in [2.75, 3.05) is 0 Å². The predicted octanol–water partition coefficient (Wildman–Crippen LogP) is 4.06. The molecule has 0 unspecified atom stereocenters. The van der Waals surface area contributed by atoms with Gasteiger partial charge in [-0.3, -0.25) is 4.79 Å². The van der Waals surface area contributed by atoms with Crippen LogP contribution in [0.25, 0.3) is 10.9 Å². The number of para-hydroxylation sites is 1. The monoisotopic (exact) mass is 346 g/mol. The van der Waals surface area contributed by atoms with E-state index in [9.17, 15) is 18.0 Å². The van der Waals surface area contributed by atoms with Crippen molar-refractivity contribution in [1.29, 1.82) is 0 Å².